The third-order valence-corrected chi connectivity index (χ3v) is 7.90. The largest absolute Gasteiger partial charge is 0.399 e. The fraction of sp³-hybridized carbons (Fsp3) is 0.0250. The number of hydrogen-bond donors (Lipinski definition) is 1. The van der Waals surface area contributed by atoms with Gasteiger partial charge in [0.15, 0.2) is 0 Å². The predicted molar refractivity (Wildman–Crippen MR) is 181 cm³/mol. The Morgan fingerprint density at radius 1 is 0.524 bits per heavy atom. The summed E-state index contributed by atoms with van der Waals surface area (Å²) in [6.45, 7) is 0.602. The molecule has 0 fully saturated rings. The molecule has 7 aromatic rings. The van der Waals surface area contributed by atoms with E-state index in [1.54, 1.807) is 0 Å². The van der Waals surface area contributed by atoms with Gasteiger partial charge in [0.25, 0.3) is 0 Å². The highest BCUT2D eigenvalue weighted by atomic mass is 14.7. The first-order valence-corrected chi connectivity index (χ1v) is 14.3. The molecule has 0 saturated carbocycles. The maximum Gasteiger partial charge on any atom is 0.0650 e. The Morgan fingerprint density at radius 3 is 1.67 bits per heavy atom. The van der Waals surface area contributed by atoms with Crippen LogP contribution in [0, 0.1) is 0 Å². The average molecular weight is 539 g/mol. The molecule has 0 amide bonds. The van der Waals surface area contributed by atoms with Gasteiger partial charge in [0.05, 0.1) is 12.3 Å². The summed E-state index contributed by atoms with van der Waals surface area (Å²) in [5.41, 5.74) is 13.3. The van der Waals surface area contributed by atoms with E-state index in [-0.39, 0.29) is 0 Å². The molecule has 2 N–H and O–H groups in total. The van der Waals surface area contributed by atoms with Gasteiger partial charge < -0.3 is 5.73 Å². The monoisotopic (exact) mass is 538 g/mol. The van der Waals surface area contributed by atoms with Gasteiger partial charge in [0.2, 0.25) is 0 Å². The van der Waals surface area contributed by atoms with Crippen molar-refractivity contribution in [1.29, 1.82) is 0 Å². The van der Waals surface area contributed by atoms with E-state index in [2.05, 4.69) is 140 Å². The van der Waals surface area contributed by atoms with E-state index in [0.29, 0.717) is 6.54 Å². The highest BCUT2D eigenvalue weighted by Gasteiger charge is 2.08. The molecule has 0 saturated heterocycles. The van der Waals surface area contributed by atoms with Crippen LogP contribution >= 0.6 is 0 Å². The van der Waals surface area contributed by atoms with Crippen LogP contribution in [0.5, 0.6) is 0 Å². The number of nitrogens with two attached hydrogens (primary N) is 1. The Labute approximate surface area is 246 Å². The van der Waals surface area contributed by atoms with Gasteiger partial charge in [-0.15, -0.1) is 0 Å². The van der Waals surface area contributed by atoms with Crippen molar-refractivity contribution in [3.63, 3.8) is 0 Å². The van der Waals surface area contributed by atoms with Crippen molar-refractivity contribution in [3.8, 4) is 11.1 Å². The number of aliphatic imine (C=N–C) groups is 1. The Kier molecular flexibility index (Phi) is 6.79. The van der Waals surface area contributed by atoms with Gasteiger partial charge in [-0.25, -0.2) is 0 Å². The summed E-state index contributed by atoms with van der Waals surface area (Å²) in [7, 11) is 0. The van der Waals surface area contributed by atoms with Crippen LogP contribution in [0.1, 0.15) is 16.7 Å². The zero-order chi connectivity index (χ0) is 28.3. The van der Waals surface area contributed by atoms with E-state index in [4.69, 9.17) is 10.7 Å². The molecular formula is C40H30N2. The van der Waals surface area contributed by atoms with Crippen molar-refractivity contribution in [3.05, 3.63) is 168 Å². The molecule has 0 radical (unpaired) electrons. The zero-order valence-corrected chi connectivity index (χ0v) is 23.2. The number of nitrogens with zero attached hydrogens (tertiary/aromatic N) is 1. The second-order valence-corrected chi connectivity index (χ2v) is 10.6. The van der Waals surface area contributed by atoms with Crippen LogP contribution in [0.4, 0.5) is 5.69 Å². The molecule has 0 aromatic heterocycles. The number of hydrogen-bond acceptors (Lipinski definition) is 2. The molecule has 0 atom stereocenters. The summed E-state index contributed by atoms with van der Waals surface area (Å²) in [4.78, 5) is 5.06. The molecule has 2 heteroatoms. The fourth-order valence-corrected chi connectivity index (χ4v) is 5.71. The summed E-state index contributed by atoms with van der Waals surface area (Å²) in [6, 6.07) is 51.2. The van der Waals surface area contributed by atoms with E-state index in [1.165, 1.54) is 43.4 Å². The zero-order valence-electron chi connectivity index (χ0n) is 23.2. The molecule has 0 aliphatic carbocycles. The van der Waals surface area contributed by atoms with Gasteiger partial charge in [0.1, 0.15) is 0 Å². The Balaban J connectivity index is 1.22. The van der Waals surface area contributed by atoms with Crippen molar-refractivity contribution < 1.29 is 0 Å². The van der Waals surface area contributed by atoms with Gasteiger partial charge >= 0.3 is 0 Å². The quantitative estimate of drug-likeness (QED) is 0.128. The van der Waals surface area contributed by atoms with Crippen molar-refractivity contribution in [2.45, 2.75) is 6.54 Å². The Hall–Kier alpha value is -5.47. The first-order valence-electron chi connectivity index (χ1n) is 14.3. The van der Waals surface area contributed by atoms with E-state index in [1.807, 2.05) is 18.2 Å². The van der Waals surface area contributed by atoms with Gasteiger partial charge in [-0.2, -0.15) is 0 Å². The molecule has 0 aliphatic heterocycles. The van der Waals surface area contributed by atoms with Crippen molar-refractivity contribution in [2.75, 3.05) is 5.73 Å². The molecule has 0 unspecified atom stereocenters. The smallest absolute Gasteiger partial charge is 0.0650 e. The molecule has 0 heterocycles. The lowest BCUT2D eigenvalue weighted by atomic mass is 9.93. The number of allylic oxidation sites excluding steroid dienone is 1. The molecule has 2 nitrogen and oxygen atoms in total. The topological polar surface area (TPSA) is 38.4 Å². The molecule has 7 aromatic carbocycles. The van der Waals surface area contributed by atoms with Gasteiger partial charge in [-0.1, -0.05) is 133 Å². The number of fused-ring (bicyclic) bond motifs is 6. The standard InChI is InChI=1S/C40H30N2/c41-33-22-20-31(21-23-33)30-18-14-29(15-19-30)27-42-40(32-8-2-1-3-9-32)25-17-28-16-24-38-36-12-5-4-10-34(36)35-11-6-7-13-37(35)39(38)26-28/h1-26H,27,41H2/b25-17+,42-40+. The summed E-state index contributed by atoms with van der Waals surface area (Å²) in [5.74, 6) is 0. The summed E-state index contributed by atoms with van der Waals surface area (Å²) in [5, 5.41) is 7.70. The van der Waals surface area contributed by atoms with Crippen molar-refractivity contribution in [1.82, 2.24) is 0 Å². The van der Waals surface area contributed by atoms with Crippen LogP contribution in [0.2, 0.25) is 0 Å². The lowest BCUT2D eigenvalue weighted by molar-refractivity contribution is 1.07. The van der Waals surface area contributed by atoms with Gasteiger partial charge in [-0.05, 0) is 84.4 Å². The van der Waals surface area contributed by atoms with Crippen LogP contribution < -0.4 is 5.73 Å². The molecule has 42 heavy (non-hydrogen) atoms. The highest BCUT2D eigenvalue weighted by Crippen LogP contribution is 2.35. The Bertz CT molecular complexity index is 2050. The van der Waals surface area contributed by atoms with Crippen LogP contribution in [0.3, 0.4) is 0 Å². The van der Waals surface area contributed by atoms with Crippen LogP contribution in [-0.2, 0) is 6.54 Å². The van der Waals surface area contributed by atoms with Gasteiger partial charge in [-0.3, -0.25) is 4.99 Å². The van der Waals surface area contributed by atoms with Gasteiger partial charge in [0, 0.05) is 5.69 Å². The van der Waals surface area contributed by atoms with E-state index >= 15 is 0 Å². The molecule has 0 aliphatic rings. The van der Waals surface area contributed by atoms with Crippen LogP contribution in [-0.4, -0.2) is 5.71 Å². The number of rotatable bonds is 6. The molecule has 0 spiro atoms. The molecule has 7 rings (SSSR count). The predicted octanol–water partition coefficient (Wildman–Crippen LogP) is 10.1. The summed E-state index contributed by atoms with van der Waals surface area (Å²) >= 11 is 0. The number of nitrogen functional groups attached to an aromatic ring is 1. The maximum atomic E-state index is 5.85. The van der Waals surface area contributed by atoms with Crippen molar-refractivity contribution >= 4 is 49.8 Å². The third kappa shape index (κ3) is 5.07. The normalized spacial score (nSPS) is 12.0. The second kappa shape index (κ2) is 11.2. The number of benzene rings is 7. The first-order chi connectivity index (χ1) is 20.7. The van der Waals surface area contributed by atoms with E-state index in [9.17, 15) is 0 Å². The van der Waals surface area contributed by atoms with Crippen molar-refractivity contribution in [2.24, 2.45) is 4.99 Å². The summed E-state index contributed by atoms with van der Waals surface area (Å²) < 4.78 is 0. The minimum absolute atomic E-state index is 0.602. The molecule has 0 bridgehead atoms. The average Bonchev–Trinajstić information content (AvgIpc) is 3.06. The molecule has 200 valence electrons. The second-order valence-electron chi connectivity index (χ2n) is 10.6. The molecular weight excluding hydrogens is 508 g/mol. The Morgan fingerprint density at radius 2 is 1.05 bits per heavy atom. The maximum absolute atomic E-state index is 5.85. The van der Waals surface area contributed by atoms with Crippen LogP contribution in [0.25, 0.3) is 49.5 Å². The minimum Gasteiger partial charge on any atom is -0.399 e. The minimum atomic E-state index is 0.602. The lowest BCUT2D eigenvalue weighted by Crippen LogP contribution is -1.98. The third-order valence-electron chi connectivity index (χ3n) is 7.90. The summed E-state index contributed by atoms with van der Waals surface area (Å²) in [6.07, 6.45) is 4.32. The fourth-order valence-electron chi connectivity index (χ4n) is 5.71. The SMILES string of the molecule is Nc1ccc(-c2ccc(C/N=C(\C=C\c3ccc4c5ccccc5c5ccccc5c4c3)c3ccccc3)cc2)cc1. The lowest BCUT2D eigenvalue weighted by Gasteiger charge is -2.11. The first kappa shape index (κ1) is 25.5. The number of anilines is 1. The van der Waals surface area contributed by atoms with E-state index < -0.39 is 0 Å². The highest BCUT2D eigenvalue weighted by molar-refractivity contribution is 6.25. The van der Waals surface area contributed by atoms with E-state index in [0.717, 1.165) is 28.1 Å². The van der Waals surface area contributed by atoms with Crippen LogP contribution in [0.15, 0.2) is 157 Å².